The lowest BCUT2D eigenvalue weighted by atomic mass is 10.1. The monoisotopic (exact) mass is 397 g/mol. The van der Waals surface area contributed by atoms with Crippen LogP contribution in [0.2, 0.25) is 5.02 Å². The van der Waals surface area contributed by atoms with E-state index in [9.17, 15) is 4.79 Å². The largest absolute Gasteiger partial charge is 0.316 e. The van der Waals surface area contributed by atoms with E-state index in [0.717, 1.165) is 21.1 Å². The topological polar surface area (TPSA) is 46.4 Å². The van der Waals surface area contributed by atoms with Crippen LogP contribution in [-0.4, -0.2) is 10.5 Å². The number of hydrogen-bond donors (Lipinski definition) is 1. The summed E-state index contributed by atoms with van der Waals surface area (Å²) in [5.41, 5.74) is 2.60. The van der Waals surface area contributed by atoms with E-state index < -0.39 is 0 Å². The van der Waals surface area contributed by atoms with Crippen molar-refractivity contribution in [3.63, 3.8) is 0 Å². The molecule has 3 rings (SSSR count). The Morgan fingerprint density at radius 2 is 1.93 bits per heavy atom. The Morgan fingerprint density at radius 1 is 1.22 bits per heavy atom. The Balaban J connectivity index is 2.26. The Kier molecular flexibility index (Phi) is 6.27. The number of anilines is 1. The number of hydrogen-bond acceptors (Lipinski definition) is 3. The van der Waals surface area contributed by atoms with Gasteiger partial charge in [-0.3, -0.25) is 4.79 Å². The van der Waals surface area contributed by atoms with Gasteiger partial charge in [-0.1, -0.05) is 78.4 Å². The molecular weight excluding hydrogens is 378 g/mol. The van der Waals surface area contributed by atoms with E-state index in [0.29, 0.717) is 23.7 Å². The maximum absolute atomic E-state index is 12.1. The van der Waals surface area contributed by atoms with Crippen LogP contribution in [0.15, 0.2) is 72.2 Å². The van der Waals surface area contributed by atoms with Gasteiger partial charge in [-0.2, -0.15) is 0 Å². The first kappa shape index (κ1) is 19.1. The number of rotatable bonds is 6. The standard InChI is InChI=1S/C21H20ClN3OS/c1-3-14-25-19(15-10-6-5-7-11-15)20(24-18(26)4-2)27-21(25)23-17-13-9-8-12-16(17)22/h3,5-13H,1,4,14H2,2H3,(H,24,26). The fourth-order valence-electron chi connectivity index (χ4n) is 2.62. The molecule has 1 amide bonds. The van der Waals surface area contributed by atoms with E-state index in [4.69, 9.17) is 16.6 Å². The van der Waals surface area contributed by atoms with Gasteiger partial charge < -0.3 is 9.88 Å². The van der Waals surface area contributed by atoms with Gasteiger partial charge in [0.05, 0.1) is 16.4 Å². The molecule has 0 saturated carbocycles. The number of carbonyl (C=O) groups is 1. The zero-order valence-corrected chi connectivity index (χ0v) is 16.6. The summed E-state index contributed by atoms with van der Waals surface area (Å²) in [4.78, 5) is 17.6. The van der Waals surface area contributed by atoms with Gasteiger partial charge in [0.1, 0.15) is 5.00 Å². The van der Waals surface area contributed by atoms with Crippen LogP contribution in [0.4, 0.5) is 10.7 Å². The summed E-state index contributed by atoms with van der Waals surface area (Å²) < 4.78 is 2.04. The number of carbonyl (C=O) groups excluding carboxylic acids is 1. The van der Waals surface area contributed by atoms with Crippen molar-refractivity contribution in [1.82, 2.24) is 4.57 Å². The molecule has 2 aromatic carbocycles. The maximum atomic E-state index is 12.1. The highest BCUT2D eigenvalue weighted by molar-refractivity contribution is 7.14. The number of amides is 1. The van der Waals surface area contributed by atoms with Crippen LogP contribution in [0.1, 0.15) is 13.3 Å². The summed E-state index contributed by atoms with van der Waals surface area (Å²) in [5.74, 6) is -0.0384. The first-order chi connectivity index (χ1) is 13.1. The zero-order chi connectivity index (χ0) is 19.2. The van der Waals surface area contributed by atoms with Crippen LogP contribution in [0.5, 0.6) is 0 Å². The predicted octanol–water partition coefficient (Wildman–Crippen LogP) is 5.64. The highest BCUT2D eigenvalue weighted by Gasteiger charge is 2.17. The molecule has 0 unspecified atom stereocenters. The number of nitrogens with one attached hydrogen (secondary N) is 1. The highest BCUT2D eigenvalue weighted by Crippen LogP contribution is 2.32. The number of para-hydroxylation sites is 1. The first-order valence-corrected chi connectivity index (χ1v) is 9.82. The smallest absolute Gasteiger partial charge is 0.224 e. The molecule has 0 aliphatic rings. The molecular formula is C21H20ClN3OS. The normalized spacial score (nSPS) is 11.4. The highest BCUT2D eigenvalue weighted by atomic mass is 35.5. The van der Waals surface area contributed by atoms with Crippen molar-refractivity contribution >= 4 is 39.5 Å². The molecule has 138 valence electrons. The van der Waals surface area contributed by atoms with Crippen molar-refractivity contribution in [2.24, 2.45) is 4.99 Å². The van der Waals surface area contributed by atoms with E-state index in [1.54, 1.807) is 0 Å². The van der Waals surface area contributed by atoms with Gasteiger partial charge in [0.2, 0.25) is 5.91 Å². The van der Waals surface area contributed by atoms with E-state index >= 15 is 0 Å². The number of benzene rings is 2. The Morgan fingerprint density at radius 3 is 2.59 bits per heavy atom. The zero-order valence-electron chi connectivity index (χ0n) is 15.0. The van der Waals surface area contributed by atoms with Gasteiger partial charge in [-0.05, 0) is 12.1 Å². The molecule has 3 aromatic rings. The van der Waals surface area contributed by atoms with E-state index in [1.165, 1.54) is 11.3 Å². The quantitative estimate of drug-likeness (QED) is 0.538. The van der Waals surface area contributed by atoms with Crippen LogP contribution in [0.3, 0.4) is 0 Å². The van der Waals surface area contributed by atoms with Crippen molar-refractivity contribution in [3.05, 3.63) is 77.1 Å². The first-order valence-electron chi connectivity index (χ1n) is 8.63. The summed E-state index contributed by atoms with van der Waals surface area (Å²) in [6.07, 6.45) is 2.22. The predicted molar refractivity (Wildman–Crippen MR) is 114 cm³/mol. The average Bonchev–Trinajstić information content (AvgIpc) is 3.01. The van der Waals surface area contributed by atoms with Crippen molar-refractivity contribution < 1.29 is 4.79 Å². The molecule has 0 bridgehead atoms. The van der Waals surface area contributed by atoms with Crippen LogP contribution < -0.4 is 10.1 Å². The van der Waals surface area contributed by atoms with Crippen LogP contribution >= 0.6 is 22.9 Å². The molecule has 0 spiro atoms. The van der Waals surface area contributed by atoms with Crippen LogP contribution in [0.25, 0.3) is 11.3 Å². The molecule has 0 atom stereocenters. The Labute approximate surface area is 167 Å². The van der Waals surface area contributed by atoms with E-state index in [2.05, 4.69) is 11.9 Å². The molecule has 1 heterocycles. The molecule has 4 nitrogen and oxygen atoms in total. The molecule has 0 aliphatic carbocycles. The summed E-state index contributed by atoms with van der Waals surface area (Å²) >= 11 is 7.71. The molecule has 0 radical (unpaired) electrons. The van der Waals surface area contributed by atoms with Gasteiger partial charge in [0.15, 0.2) is 4.80 Å². The minimum Gasteiger partial charge on any atom is -0.316 e. The molecule has 0 aliphatic heterocycles. The Bertz CT molecular complexity index is 1020. The lowest BCUT2D eigenvalue weighted by Gasteiger charge is -2.10. The third-order valence-electron chi connectivity index (χ3n) is 3.91. The van der Waals surface area contributed by atoms with E-state index in [-0.39, 0.29) is 5.91 Å². The number of aromatic nitrogens is 1. The lowest BCUT2D eigenvalue weighted by molar-refractivity contribution is -0.115. The molecule has 0 fully saturated rings. The van der Waals surface area contributed by atoms with Crippen molar-refractivity contribution in [1.29, 1.82) is 0 Å². The second-order valence-electron chi connectivity index (χ2n) is 5.79. The van der Waals surface area contributed by atoms with Gasteiger partial charge in [0, 0.05) is 18.5 Å². The molecule has 27 heavy (non-hydrogen) atoms. The Hall–Kier alpha value is -2.63. The van der Waals surface area contributed by atoms with Crippen LogP contribution in [0, 0.1) is 0 Å². The second kappa shape index (κ2) is 8.84. The summed E-state index contributed by atoms with van der Waals surface area (Å²) in [5, 5.41) is 4.35. The molecule has 6 heteroatoms. The van der Waals surface area contributed by atoms with Gasteiger partial charge in [0.25, 0.3) is 0 Å². The van der Waals surface area contributed by atoms with Crippen molar-refractivity contribution in [3.8, 4) is 11.3 Å². The molecule has 1 aromatic heterocycles. The van der Waals surface area contributed by atoms with Crippen molar-refractivity contribution in [2.45, 2.75) is 19.9 Å². The number of nitrogens with zero attached hydrogens (tertiary/aromatic N) is 2. The summed E-state index contributed by atoms with van der Waals surface area (Å²) in [6, 6.07) is 17.4. The fraction of sp³-hybridized carbons (Fsp3) is 0.143. The number of thiazole rings is 1. The fourth-order valence-corrected chi connectivity index (χ4v) is 3.89. The molecule has 1 N–H and O–H groups in total. The van der Waals surface area contributed by atoms with Gasteiger partial charge >= 0.3 is 0 Å². The molecule has 0 saturated heterocycles. The maximum Gasteiger partial charge on any atom is 0.224 e. The third-order valence-corrected chi connectivity index (χ3v) is 5.22. The summed E-state index contributed by atoms with van der Waals surface area (Å²) in [6.45, 7) is 6.26. The van der Waals surface area contributed by atoms with Crippen molar-refractivity contribution in [2.75, 3.05) is 5.32 Å². The van der Waals surface area contributed by atoms with E-state index in [1.807, 2.05) is 72.2 Å². The number of allylic oxidation sites excluding steroid dienone is 1. The minimum absolute atomic E-state index is 0.0384. The second-order valence-corrected chi connectivity index (χ2v) is 7.18. The third kappa shape index (κ3) is 4.38. The van der Waals surface area contributed by atoms with Crippen LogP contribution in [-0.2, 0) is 11.3 Å². The van der Waals surface area contributed by atoms with Gasteiger partial charge in [-0.25, -0.2) is 4.99 Å². The van der Waals surface area contributed by atoms with Gasteiger partial charge in [-0.15, -0.1) is 6.58 Å². The average molecular weight is 398 g/mol. The SMILES string of the molecule is C=CCn1c(-c2ccccc2)c(NC(=O)CC)sc1=Nc1ccccc1Cl. The number of halogens is 1. The summed E-state index contributed by atoms with van der Waals surface area (Å²) in [7, 11) is 0. The minimum atomic E-state index is -0.0384. The lowest BCUT2D eigenvalue weighted by Crippen LogP contribution is -2.15.